The van der Waals surface area contributed by atoms with Gasteiger partial charge in [0.05, 0.1) is 11.0 Å². The van der Waals surface area contributed by atoms with Crippen LogP contribution in [0.15, 0.2) is 29.4 Å². The maximum absolute atomic E-state index is 11.1. The number of para-hydroxylation sites is 2. The standard InChI is InChI=1S/C11H12N2O2S/c1-7(10(14)15)13-9-6-4-3-5-8(9)12-11(13)16-2/h3-7H,1-2H3,(H,14,15)/t7-/m0/s1. The molecular formula is C11H12N2O2S. The first-order valence-electron chi connectivity index (χ1n) is 4.89. The monoisotopic (exact) mass is 236 g/mol. The molecule has 2 aromatic rings. The summed E-state index contributed by atoms with van der Waals surface area (Å²) in [7, 11) is 0. The van der Waals surface area contributed by atoms with Crippen LogP contribution in [0.2, 0.25) is 0 Å². The minimum atomic E-state index is -0.849. The predicted octanol–water partition coefficient (Wildman–Crippen LogP) is 2.40. The quantitative estimate of drug-likeness (QED) is 0.831. The Kier molecular flexibility index (Phi) is 2.87. The molecule has 2 rings (SSSR count). The second-order valence-electron chi connectivity index (χ2n) is 3.47. The van der Waals surface area contributed by atoms with Gasteiger partial charge in [-0.05, 0) is 25.3 Å². The summed E-state index contributed by atoms with van der Waals surface area (Å²) in [6.45, 7) is 1.66. The number of nitrogens with zero attached hydrogens (tertiary/aromatic N) is 2. The predicted molar refractivity (Wildman–Crippen MR) is 63.9 cm³/mol. The van der Waals surface area contributed by atoms with Crippen LogP contribution in [0.1, 0.15) is 13.0 Å². The largest absolute Gasteiger partial charge is 0.480 e. The number of carboxylic acids is 1. The zero-order chi connectivity index (χ0) is 11.7. The Morgan fingerprint density at radius 3 is 2.81 bits per heavy atom. The molecule has 5 heteroatoms. The molecule has 84 valence electrons. The van der Waals surface area contributed by atoms with Gasteiger partial charge in [-0.25, -0.2) is 9.78 Å². The van der Waals surface area contributed by atoms with E-state index in [4.69, 9.17) is 5.11 Å². The Bertz CT molecular complexity index is 536. The van der Waals surface area contributed by atoms with Crippen molar-refractivity contribution in [3.05, 3.63) is 24.3 Å². The Morgan fingerprint density at radius 1 is 1.50 bits per heavy atom. The number of aliphatic carboxylic acids is 1. The second-order valence-corrected chi connectivity index (χ2v) is 4.24. The van der Waals surface area contributed by atoms with Gasteiger partial charge in [0.15, 0.2) is 5.16 Å². The van der Waals surface area contributed by atoms with Crippen molar-refractivity contribution < 1.29 is 9.90 Å². The summed E-state index contributed by atoms with van der Waals surface area (Å²) in [5.74, 6) is -0.849. The van der Waals surface area contributed by atoms with Gasteiger partial charge in [-0.15, -0.1) is 0 Å². The Labute approximate surface area is 97.3 Å². The fraction of sp³-hybridized carbons (Fsp3) is 0.273. The van der Waals surface area contributed by atoms with Gasteiger partial charge in [-0.1, -0.05) is 23.9 Å². The number of rotatable bonds is 3. The fourth-order valence-corrected chi connectivity index (χ4v) is 2.29. The highest BCUT2D eigenvalue weighted by atomic mass is 32.2. The van der Waals surface area contributed by atoms with Gasteiger partial charge >= 0.3 is 5.97 Å². The third-order valence-corrected chi connectivity index (χ3v) is 3.14. The molecule has 0 fully saturated rings. The molecule has 1 N–H and O–H groups in total. The molecule has 0 aliphatic rings. The van der Waals surface area contributed by atoms with Crippen LogP contribution in [0.25, 0.3) is 11.0 Å². The van der Waals surface area contributed by atoms with E-state index >= 15 is 0 Å². The van der Waals surface area contributed by atoms with Crippen molar-refractivity contribution in [2.45, 2.75) is 18.1 Å². The van der Waals surface area contributed by atoms with E-state index in [9.17, 15) is 4.79 Å². The summed E-state index contributed by atoms with van der Waals surface area (Å²) in [5.41, 5.74) is 1.70. The lowest BCUT2D eigenvalue weighted by molar-refractivity contribution is -0.140. The van der Waals surface area contributed by atoms with Crippen LogP contribution in [0.4, 0.5) is 0 Å². The van der Waals surface area contributed by atoms with Gasteiger partial charge in [-0.3, -0.25) is 0 Å². The van der Waals surface area contributed by atoms with Crippen LogP contribution in [-0.2, 0) is 4.79 Å². The first-order chi connectivity index (χ1) is 7.65. The van der Waals surface area contributed by atoms with Crippen LogP contribution in [0, 0.1) is 0 Å². The fourth-order valence-electron chi connectivity index (χ4n) is 1.65. The summed E-state index contributed by atoms with van der Waals surface area (Å²) in [5, 5.41) is 9.81. The van der Waals surface area contributed by atoms with E-state index in [0.717, 1.165) is 16.2 Å². The molecule has 4 nitrogen and oxygen atoms in total. The van der Waals surface area contributed by atoms with E-state index in [-0.39, 0.29) is 0 Å². The molecule has 0 aliphatic heterocycles. The SMILES string of the molecule is CSc1nc2ccccc2n1[C@@H](C)C(=O)O. The average Bonchev–Trinajstić information content (AvgIpc) is 2.66. The van der Waals surface area contributed by atoms with Crippen molar-refractivity contribution in [3.63, 3.8) is 0 Å². The number of thioether (sulfide) groups is 1. The molecule has 1 aromatic carbocycles. The highest BCUT2D eigenvalue weighted by molar-refractivity contribution is 7.98. The second kappa shape index (κ2) is 4.17. The van der Waals surface area contributed by atoms with E-state index in [1.165, 1.54) is 11.8 Å². The number of imidazole rings is 1. The van der Waals surface area contributed by atoms with Crippen LogP contribution in [0.5, 0.6) is 0 Å². The van der Waals surface area contributed by atoms with Gasteiger partial charge in [0.2, 0.25) is 0 Å². The van der Waals surface area contributed by atoms with E-state index in [2.05, 4.69) is 4.98 Å². The molecule has 0 spiro atoms. The van der Waals surface area contributed by atoms with Gasteiger partial charge in [0, 0.05) is 0 Å². The zero-order valence-corrected chi connectivity index (χ0v) is 9.86. The van der Waals surface area contributed by atoms with E-state index < -0.39 is 12.0 Å². The Balaban J connectivity index is 2.69. The number of hydrogen-bond donors (Lipinski definition) is 1. The van der Waals surface area contributed by atoms with Crippen molar-refractivity contribution >= 4 is 28.8 Å². The number of carboxylic acid groups (broad SMARTS) is 1. The average molecular weight is 236 g/mol. The number of aromatic nitrogens is 2. The maximum Gasteiger partial charge on any atom is 0.326 e. The number of fused-ring (bicyclic) bond motifs is 1. The minimum absolute atomic E-state index is 0.602. The maximum atomic E-state index is 11.1. The Hall–Kier alpha value is -1.49. The van der Waals surface area contributed by atoms with Crippen LogP contribution >= 0.6 is 11.8 Å². The van der Waals surface area contributed by atoms with Crippen molar-refractivity contribution in [3.8, 4) is 0 Å². The molecule has 0 bridgehead atoms. The summed E-state index contributed by atoms with van der Waals surface area (Å²) >= 11 is 1.46. The number of hydrogen-bond acceptors (Lipinski definition) is 3. The molecule has 0 saturated carbocycles. The molecule has 0 unspecified atom stereocenters. The van der Waals surface area contributed by atoms with Crippen LogP contribution < -0.4 is 0 Å². The zero-order valence-electron chi connectivity index (χ0n) is 9.04. The van der Waals surface area contributed by atoms with E-state index in [1.54, 1.807) is 11.5 Å². The number of carbonyl (C=O) groups is 1. The van der Waals surface area contributed by atoms with Gasteiger partial charge in [0.25, 0.3) is 0 Å². The van der Waals surface area contributed by atoms with Crippen LogP contribution in [-0.4, -0.2) is 26.9 Å². The van der Waals surface area contributed by atoms with Crippen LogP contribution in [0.3, 0.4) is 0 Å². The highest BCUT2D eigenvalue weighted by Gasteiger charge is 2.19. The van der Waals surface area contributed by atoms with Crippen molar-refractivity contribution in [1.29, 1.82) is 0 Å². The van der Waals surface area contributed by atoms with E-state index in [0.29, 0.717) is 0 Å². The smallest absolute Gasteiger partial charge is 0.326 e. The molecule has 1 aromatic heterocycles. The minimum Gasteiger partial charge on any atom is -0.480 e. The normalized spacial score (nSPS) is 12.9. The third kappa shape index (κ3) is 1.67. The van der Waals surface area contributed by atoms with Gasteiger partial charge in [-0.2, -0.15) is 0 Å². The first-order valence-corrected chi connectivity index (χ1v) is 6.11. The third-order valence-electron chi connectivity index (χ3n) is 2.49. The molecule has 1 heterocycles. The van der Waals surface area contributed by atoms with Gasteiger partial charge in [0.1, 0.15) is 6.04 Å². The molecule has 0 amide bonds. The highest BCUT2D eigenvalue weighted by Crippen LogP contribution is 2.26. The topological polar surface area (TPSA) is 55.1 Å². The summed E-state index contributed by atoms with van der Waals surface area (Å²) in [6.07, 6.45) is 1.90. The van der Waals surface area contributed by atoms with Gasteiger partial charge < -0.3 is 9.67 Å². The van der Waals surface area contributed by atoms with Crippen molar-refractivity contribution in [2.75, 3.05) is 6.26 Å². The lowest BCUT2D eigenvalue weighted by Crippen LogP contribution is -2.16. The lowest BCUT2D eigenvalue weighted by Gasteiger charge is -2.11. The molecule has 16 heavy (non-hydrogen) atoms. The van der Waals surface area contributed by atoms with E-state index in [1.807, 2.05) is 30.5 Å². The molecule has 0 aliphatic carbocycles. The first kappa shape index (κ1) is 11.0. The summed E-state index contributed by atoms with van der Waals surface area (Å²) in [4.78, 5) is 15.4. The lowest BCUT2D eigenvalue weighted by atomic mass is 10.3. The molecule has 0 saturated heterocycles. The molecule has 1 atom stereocenters. The molecule has 0 radical (unpaired) electrons. The molecular weight excluding hydrogens is 224 g/mol. The summed E-state index contributed by atoms with van der Waals surface area (Å²) in [6, 6.07) is 6.96. The summed E-state index contributed by atoms with van der Waals surface area (Å²) < 4.78 is 1.75. The van der Waals surface area contributed by atoms with Crippen molar-refractivity contribution in [2.24, 2.45) is 0 Å². The van der Waals surface area contributed by atoms with Crippen molar-refractivity contribution in [1.82, 2.24) is 9.55 Å². The Morgan fingerprint density at radius 2 is 2.19 bits per heavy atom. The number of benzene rings is 1.